The maximum atomic E-state index is 5.61. The second-order valence-electron chi connectivity index (χ2n) is 6.06. The minimum atomic E-state index is 0.548. The minimum Gasteiger partial charge on any atom is -0.381 e. The highest BCUT2D eigenvalue weighted by Gasteiger charge is 2.22. The van der Waals surface area contributed by atoms with E-state index in [-0.39, 0.29) is 0 Å². The normalized spacial score (nSPS) is 15.2. The van der Waals surface area contributed by atoms with Crippen molar-refractivity contribution in [2.75, 3.05) is 18.4 Å². The molecule has 0 amide bonds. The molecule has 0 unspecified atom stereocenters. The maximum Gasteiger partial charge on any atom is 0.159 e. The molecule has 1 aromatic carbocycles. The lowest BCUT2D eigenvalue weighted by Crippen LogP contribution is -2.16. The average Bonchev–Trinajstić information content (AvgIpc) is 3.07. The van der Waals surface area contributed by atoms with Crippen LogP contribution in [0, 0.1) is 6.92 Å². The van der Waals surface area contributed by atoms with E-state index < -0.39 is 0 Å². The van der Waals surface area contributed by atoms with Crippen molar-refractivity contribution in [3.05, 3.63) is 41.7 Å². The molecule has 22 heavy (non-hydrogen) atoms. The fraction of sp³-hybridized carbons (Fsp3) is 0.444. The summed E-state index contributed by atoms with van der Waals surface area (Å²) in [6.07, 6.45) is 6.96. The molecule has 1 saturated carbocycles. The summed E-state index contributed by atoms with van der Waals surface area (Å²) in [5, 5.41) is 3.38. The third-order valence-electron chi connectivity index (χ3n) is 4.30. The number of hydrogen-bond donors (Lipinski definition) is 2. The number of nitrogens with zero attached hydrogens (tertiary/aromatic N) is 2. The lowest BCUT2D eigenvalue weighted by Gasteiger charge is -2.16. The first kappa shape index (κ1) is 15.0. The van der Waals surface area contributed by atoms with Gasteiger partial charge in [-0.25, -0.2) is 9.97 Å². The van der Waals surface area contributed by atoms with Gasteiger partial charge in [-0.15, -0.1) is 0 Å². The molecule has 1 aliphatic carbocycles. The van der Waals surface area contributed by atoms with Crippen LogP contribution >= 0.6 is 0 Å². The summed E-state index contributed by atoms with van der Waals surface area (Å²) >= 11 is 0. The topological polar surface area (TPSA) is 63.8 Å². The van der Waals surface area contributed by atoms with Crippen molar-refractivity contribution in [3.63, 3.8) is 0 Å². The van der Waals surface area contributed by atoms with Crippen molar-refractivity contribution in [2.24, 2.45) is 5.73 Å². The van der Waals surface area contributed by atoms with Crippen molar-refractivity contribution in [1.82, 2.24) is 9.97 Å². The van der Waals surface area contributed by atoms with Crippen molar-refractivity contribution < 1.29 is 0 Å². The summed E-state index contributed by atoms with van der Waals surface area (Å²) in [6, 6.07) is 8.37. The van der Waals surface area contributed by atoms with Crippen LogP contribution in [0.2, 0.25) is 0 Å². The molecule has 116 valence electrons. The van der Waals surface area contributed by atoms with Crippen LogP contribution in [0.4, 0.5) is 5.69 Å². The molecular weight excluding hydrogens is 272 g/mol. The molecule has 4 heteroatoms. The number of nitrogens with two attached hydrogens (primary N) is 1. The van der Waals surface area contributed by atoms with Crippen LogP contribution in [0.25, 0.3) is 11.4 Å². The summed E-state index contributed by atoms with van der Waals surface area (Å²) in [7, 11) is 0. The van der Waals surface area contributed by atoms with Gasteiger partial charge in [0.25, 0.3) is 0 Å². The van der Waals surface area contributed by atoms with E-state index in [9.17, 15) is 0 Å². The van der Waals surface area contributed by atoms with E-state index in [1.807, 2.05) is 6.20 Å². The average molecular weight is 296 g/mol. The highest BCUT2D eigenvalue weighted by atomic mass is 15.0. The van der Waals surface area contributed by atoms with Gasteiger partial charge in [0.15, 0.2) is 5.82 Å². The Bertz CT molecular complexity index is 633. The molecule has 0 saturated heterocycles. The Labute approximate surface area is 132 Å². The van der Waals surface area contributed by atoms with Gasteiger partial charge in [0, 0.05) is 24.6 Å². The van der Waals surface area contributed by atoms with E-state index in [1.165, 1.54) is 31.2 Å². The van der Waals surface area contributed by atoms with E-state index in [2.05, 4.69) is 41.5 Å². The summed E-state index contributed by atoms with van der Waals surface area (Å²) < 4.78 is 0. The minimum absolute atomic E-state index is 0.548. The molecule has 3 N–H and O–H groups in total. The van der Waals surface area contributed by atoms with Gasteiger partial charge in [0.05, 0.1) is 17.6 Å². The molecule has 2 aromatic rings. The van der Waals surface area contributed by atoms with Crippen LogP contribution in [0.5, 0.6) is 0 Å². The molecule has 1 heterocycles. The lowest BCUT2D eigenvalue weighted by atomic mass is 10.0. The number of rotatable bonds is 5. The van der Waals surface area contributed by atoms with Gasteiger partial charge < -0.3 is 11.1 Å². The summed E-state index contributed by atoms with van der Waals surface area (Å²) in [5.41, 5.74) is 10.1. The number of nitrogens with one attached hydrogen (secondary N) is 1. The second kappa shape index (κ2) is 6.88. The zero-order valence-corrected chi connectivity index (χ0v) is 13.2. The van der Waals surface area contributed by atoms with Crippen molar-refractivity contribution >= 4 is 5.69 Å². The van der Waals surface area contributed by atoms with Gasteiger partial charge in [-0.3, -0.25) is 0 Å². The van der Waals surface area contributed by atoms with Crippen molar-refractivity contribution in [3.8, 4) is 11.4 Å². The molecule has 1 aliphatic rings. The first-order chi connectivity index (χ1) is 10.8. The largest absolute Gasteiger partial charge is 0.381 e. The predicted molar refractivity (Wildman–Crippen MR) is 91.0 cm³/mol. The smallest absolute Gasteiger partial charge is 0.159 e. The van der Waals surface area contributed by atoms with Gasteiger partial charge in [-0.1, -0.05) is 36.6 Å². The van der Waals surface area contributed by atoms with Crippen LogP contribution in [0.3, 0.4) is 0 Å². The number of hydrogen-bond acceptors (Lipinski definition) is 4. The van der Waals surface area contributed by atoms with Gasteiger partial charge in [0.2, 0.25) is 0 Å². The monoisotopic (exact) mass is 296 g/mol. The molecule has 1 fully saturated rings. The van der Waals surface area contributed by atoms with E-state index in [0.29, 0.717) is 12.5 Å². The van der Waals surface area contributed by atoms with Gasteiger partial charge in [-0.05, 0) is 25.8 Å². The number of aromatic nitrogens is 2. The summed E-state index contributed by atoms with van der Waals surface area (Å²) in [6.45, 7) is 3.47. The van der Waals surface area contributed by atoms with Gasteiger partial charge in [-0.2, -0.15) is 0 Å². The van der Waals surface area contributed by atoms with Crippen molar-refractivity contribution in [2.45, 2.75) is 38.5 Å². The number of anilines is 1. The molecule has 0 spiro atoms. The Morgan fingerprint density at radius 2 is 2.09 bits per heavy atom. The third-order valence-corrected chi connectivity index (χ3v) is 4.30. The Morgan fingerprint density at radius 1 is 1.27 bits per heavy atom. The van der Waals surface area contributed by atoms with Crippen molar-refractivity contribution in [1.29, 1.82) is 0 Å². The lowest BCUT2D eigenvalue weighted by molar-refractivity contribution is 0.696. The van der Waals surface area contributed by atoms with Crippen LogP contribution in [-0.4, -0.2) is 23.1 Å². The van der Waals surface area contributed by atoms with Crippen LogP contribution < -0.4 is 11.1 Å². The molecule has 0 atom stereocenters. The first-order valence-corrected chi connectivity index (χ1v) is 8.16. The highest BCUT2D eigenvalue weighted by molar-refractivity contribution is 5.59. The Hall–Kier alpha value is -1.94. The standard InChI is InChI=1S/C18H24N4/c1-13-5-4-8-15(11-13)18-21-12-16(20-10-9-19)17(22-18)14-6-2-3-7-14/h4-5,8,11-12,14,20H,2-3,6-7,9-10,19H2,1H3. The maximum absolute atomic E-state index is 5.61. The van der Waals surface area contributed by atoms with Crippen LogP contribution in [0.1, 0.15) is 42.9 Å². The van der Waals surface area contributed by atoms with E-state index >= 15 is 0 Å². The Morgan fingerprint density at radius 3 is 2.82 bits per heavy atom. The second-order valence-corrected chi connectivity index (χ2v) is 6.06. The van der Waals surface area contributed by atoms with Crippen LogP contribution in [-0.2, 0) is 0 Å². The van der Waals surface area contributed by atoms with E-state index in [0.717, 1.165) is 29.3 Å². The highest BCUT2D eigenvalue weighted by Crippen LogP contribution is 2.37. The molecule has 1 aromatic heterocycles. The molecule has 0 aliphatic heterocycles. The molecule has 3 rings (SSSR count). The molecule has 0 radical (unpaired) electrons. The summed E-state index contributed by atoms with van der Waals surface area (Å²) in [4.78, 5) is 9.47. The Kier molecular flexibility index (Phi) is 4.68. The zero-order valence-electron chi connectivity index (χ0n) is 13.2. The zero-order chi connectivity index (χ0) is 15.4. The van der Waals surface area contributed by atoms with Gasteiger partial charge in [0.1, 0.15) is 0 Å². The SMILES string of the molecule is Cc1cccc(-c2ncc(NCCN)c(C3CCCC3)n2)c1. The third kappa shape index (κ3) is 3.28. The molecule has 0 bridgehead atoms. The summed E-state index contributed by atoms with van der Waals surface area (Å²) in [5.74, 6) is 1.37. The van der Waals surface area contributed by atoms with Crippen LogP contribution in [0.15, 0.2) is 30.5 Å². The van der Waals surface area contributed by atoms with E-state index in [1.54, 1.807) is 0 Å². The first-order valence-electron chi connectivity index (χ1n) is 8.16. The predicted octanol–water partition coefficient (Wildman–Crippen LogP) is 3.48. The number of aryl methyl sites for hydroxylation is 1. The number of benzene rings is 1. The van der Waals surface area contributed by atoms with Gasteiger partial charge >= 0.3 is 0 Å². The molecular formula is C18H24N4. The van der Waals surface area contributed by atoms with E-state index in [4.69, 9.17) is 10.7 Å². The quantitative estimate of drug-likeness (QED) is 0.886. The fourth-order valence-electron chi connectivity index (χ4n) is 3.17. The fourth-order valence-corrected chi connectivity index (χ4v) is 3.17. The Balaban J connectivity index is 1.97. The molecule has 4 nitrogen and oxygen atoms in total.